The summed E-state index contributed by atoms with van der Waals surface area (Å²) in [5, 5.41) is 0. The molecule has 1 aliphatic carbocycles. The van der Waals surface area contributed by atoms with E-state index in [9.17, 15) is 9.18 Å². The fraction of sp³-hybridized carbons (Fsp3) is 0.577. The van der Waals surface area contributed by atoms with Gasteiger partial charge in [-0.1, -0.05) is 0 Å². The topological polar surface area (TPSA) is 77.0 Å². The van der Waals surface area contributed by atoms with Crippen LogP contribution in [0.3, 0.4) is 0 Å². The van der Waals surface area contributed by atoms with Crippen molar-refractivity contribution in [1.82, 2.24) is 14.9 Å². The molecule has 1 aromatic carbocycles. The molecule has 2 saturated heterocycles. The Balaban J connectivity index is 1.29. The van der Waals surface area contributed by atoms with E-state index in [0.29, 0.717) is 48.7 Å². The maximum absolute atomic E-state index is 13.9. The molecule has 188 valence electrons. The number of hydrogen-bond donors (Lipinski definition) is 0. The van der Waals surface area contributed by atoms with Crippen molar-refractivity contribution in [1.29, 1.82) is 0 Å². The molecule has 9 heteroatoms. The standard InChI is InChI=1S/C26H33FN4O4/c1-25(2,3)35-24(32)31-11-9-26(16-31)8-10-30(15-26)23-22(13-28-17-29-23)34-20-7-6-19(27)12-21(20)33-14-18-4-5-18/h6-7,12-13,17-18H,4-5,8-11,14-16H2,1-3H3. The van der Waals surface area contributed by atoms with Crippen LogP contribution in [0.5, 0.6) is 17.2 Å². The second-order valence-electron chi connectivity index (χ2n) is 11.0. The molecule has 1 atom stereocenters. The first-order chi connectivity index (χ1) is 16.7. The second kappa shape index (κ2) is 9.17. The number of rotatable bonds is 6. The highest BCUT2D eigenvalue weighted by Gasteiger charge is 2.46. The zero-order chi connectivity index (χ0) is 24.6. The van der Waals surface area contributed by atoms with E-state index in [-0.39, 0.29) is 17.3 Å². The van der Waals surface area contributed by atoms with Crippen molar-refractivity contribution in [2.75, 3.05) is 37.7 Å². The van der Waals surface area contributed by atoms with Crippen molar-refractivity contribution < 1.29 is 23.4 Å². The molecule has 2 aliphatic heterocycles. The fourth-order valence-electron chi connectivity index (χ4n) is 4.78. The highest BCUT2D eigenvalue weighted by atomic mass is 19.1. The quantitative estimate of drug-likeness (QED) is 0.569. The van der Waals surface area contributed by atoms with Gasteiger partial charge in [-0.2, -0.15) is 0 Å². The van der Waals surface area contributed by atoms with Gasteiger partial charge in [-0.25, -0.2) is 19.2 Å². The Bertz CT molecular complexity index is 1090. The van der Waals surface area contributed by atoms with E-state index in [0.717, 1.165) is 38.8 Å². The zero-order valence-electron chi connectivity index (χ0n) is 20.6. The van der Waals surface area contributed by atoms with E-state index in [1.807, 2.05) is 25.7 Å². The molecule has 3 aliphatic rings. The number of ether oxygens (including phenoxy) is 3. The largest absolute Gasteiger partial charge is 0.489 e. The molecule has 35 heavy (non-hydrogen) atoms. The first kappa shape index (κ1) is 23.6. The Morgan fingerprint density at radius 3 is 2.71 bits per heavy atom. The van der Waals surface area contributed by atoms with Crippen LogP contribution >= 0.6 is 0 Å². The molecule has 1 amide bonds. The molecule has 0 radical (unpaired) electrons. The third-order valence-corrected chi connectivity index (χ3v) is 6.78. The van der Waals surface area contributed by atoms with Gasteiger partial charge >= 0.3 is 6.09 Å². The van der Waals surface area contributed by atoms with Gasteiger partial charge in [-0.3, -0.25) is 0 Å². The molecule has 0 bridgehead atoms. The monoisotopic (exact) mass is 484 g/mol. The van der Waals surface area contributed by atoms with E-state index in [2.05, 4.69) is 14.9 Å². The highest BCUT2D eigenvalue weighted by molar-refractivity contribution is 5.68. The predicted molar refractivity (Wildman–Crippen MR) is 128 cm³/mol. The van der Waals surface area contributed by atoms with Gasteiger partial charge in [0.1, 0.15) is 17.7 Å². The lowest BCUT2D eigenvalue weighted by Gasteiger charge is -2.27. The van der Waals surface area contributed by atoms with E-state index < -0.39 is 5.60 Å². The summed E-state index contributed by atoms with van der Waals surface area (Å²) in [5.41, 5.74) is -0.517. The van der Waals surface area contributed by atoms with Crippen LogP contribution in [0.2, 0.25) is 0 Å². The molecule has 1 unspecified atom stereocenters. The number of halogens is 1. The number of anilines is 1. The van der Waals surface area contributed by atoms with Crippen molar-refractivity contribution in [3.05, 3.63) is 36.5 Å². The number of benzene rings is 1. The smallest absolute Gasteiger partial charge is 0.410 e. The number of likely N-dealkylation sites (tertiary alicyclic amines) is 1. The second-order valence-corrected chi connectivity index (χ2v) is 11.0. The van der Waals surface area contributed by atoms with Crippen LogP contribution in [0.25, 0.3) is 0 Å². The van der Waals surface area contributed by atoms with Crippen molar-refractivity contribution in [2.45, 2.75) is 52.1 Å². The van der Waals surface area contributed by atoms with Crippen molar-refractivity contribution in [3.63, 3.8) is 0 Å². The molecular formula is C26H33FN4O4. The van der Waals surface area contributed by atoms with Gasteiger partial charge in [-0.05, 0) is 64.5 Å². The van der Waals surface area contributed by atoms with Crippen LogP contribution in [0.1, 0.15) is 46.5 Å². The zero-order valence-corrected chi connectivity index (χ0v) is 20.6. The Morgan fingerprint density at radius 2 is 1.94 bits per heavy atom. The predicted octanol–water partition coefficient (Wildman–Crippen LogP) is 5.03. The Labute approximate surface area is 205 Å². The number of aromatic nitrogens is 2. The molecule has 5 rings (SSSR count). The summed E-state index contributed by atoms with van der Waals surface area (Å²) in [5.74, 6) is 2.17. The molecule has 8 nitrogen and oxygen atoms in total. The fourth-order valence-corrected chi connectivity index (χ4v) is 4.78. The highest BCUT2D eigenvalue weighted by Crippen LogP contribution is 2.44. The maximum Gasteiger partial charge on any atom is 0.410 e. The minimum absolute atomic E-state index is 0.00641. The van der Waals surface area contributed by atoms with Gasteiger partial charge in [0.2, 0.25) is 0 Å². The van der Waals surface area contributed by atoms with Gasteiger partial charge < -0.3 is 24.0 Å². The molecule has 1 saturated carbocycles. The average Bonchev–Trinajstić information content (AvgIpc) is 3.40. The van der Waals surface area contributed by atoms with Crippen molar-refractivity contribution >= 4 is 11.9 Å². The lowest BCUT2D eigenvalue weighted by atomic mass is 9.86. The molecule has 3 fully saturated rings. The summed E-state index contributed by atoms with van der Waals surface area (Å²) in [6.07, 6.45) is 7.03. The number of carbonyl (C=O) groups is 1. The first-order valence-electron chi connectivity index (χ1n) is 12.3. The molecule has 0 N–H and O–H groups in total. The van der Waals surface area contributed by atoms with Crippen LogP contribution in [0, 0.1) is 17.2 Å². The summed E-state index contributed by atoms with van der Waals surface area (Å²) in [6, 6.07) is 4.29. The van der Waals surface area contributed by atoms with Crippen molar-refractivity contribution in [2.24, 2.45) is 11.3 Å². The Kier molecular flexibility index (Phi) is 6.19. The third-order valence-electron chi connectivity index (χ3n) is 6.78. The number of hydrogen-bond acceptors (Lipinski definition) is 7. The molecule has 1 aromatic heterocycles. The summed E-state index contributed by atoms with van der Waals surface area (Å²) in [4.78, 5) is 25.2. The van der Waals surface area contributed by atoms with E-state index in [1.54, 1.807) is 12.3 Å². The van der Waals surface area contributed by atoms with Crippen LogP contribution in [-0.4, -0.2) is 59.3 Å². The van der Waals surface area contributed by atoms with E-state index in [1.165, 1.54) is 18.5 Å². The summed E-state index contributed by atoms with van der Waals surface area (Å²) >= 11 is 0. The summed E-state index contributed by atoms with van der Waals surface area (Å²) in [7, 11) is 0. The SMILES string of the molecule is CC(C)(C)OC(=O)N1CCC2(CCN(c3ncncc3Oc3ccc(F)cc3OCC3CC3)C2)C1. The molecule has 2 aromatic rings. The van der Waals surface area contributed by atoms with Crippen molar-refractivity contribution in [3.8, 4) is 17.2 Å². The Hall–Kier alpha value is -3.10. The third kappa shape index (κ3) is 5.60. The van der Waals surface area contributed by atoms with Gasteiger partial charge in [0.15, 0.2) is 23.1 Å². The molecular weight excluding hydrogens is 451 g/mol. The van der Waals surface area contributed by atoms with Crippen LogP contribution in [-0.2, 0) is 4.74 Å². The van der Waals surface area contributed by atoms with E-state index in [4.69, 9.17) is 14.2 Å². The Morgan fingerprint density at radius 1 is 1.14 bits per heavy atom. The lowest BCUT2D eigenvalue weighted by molar-refractivity contribution is 0.0276. The van der Waals surface area contributed by atoms with Gasteiger partial charge in [0.05, 0.1) is 12.8 Å². The minimum atomic E-state index is -0.511. The average molecular weight is 485 g/mol. The first-order valence-corrected chi connectivity index (χ1v) is 12.3. The summed E-state index contributed by atoms with van der Waals surface area (Å²) < 4.78 is 31.5. The minimum Gasteiger partial charge on any atom is -0.489 e. The van der Waals surface area contributed by atoms with Gasteiger partial charge in [0, 0.05) is 37.7 Å². The van der Waals surface area contributed by atoms with Crippen LogP contribution in [0.4, 0.5) is 15.0 Å². The van der Waals surface area contributed by atoms with Crippen LogP contribution < -0.4 is 14.4 Å². The van der Waals surface area contributed by atoms with Gasteiger partial charge in [0.25, 0.3) is 0 Å². The molecule has 1 spiro atoms. The number of amides is 1. The lowest BCUT2D eigenvalue weighted by Crippen LogP contribution is -2.37. The normalized spacial score (nSPS) is 22.1. The molecule has 3 heterocycles. The summed E-state index contributed by atoms with van der Waals surface area (Å²) in [6.45, 7) is 9.11. The maximum atomic E-state index is 13.9. The number of carbonyl (C=O) groups excluding carboxylic acids is 1. The van der Waals surface area contributed by atoms with Crippen LogP contribution in [0.15, 0.2) is 30.7 Å². The number of nitrogens with zero attached hydrogens (tertiary/aromatic N) is 4. The van der Waals surface area contributed by atoms with Gasteiger partial charge in [-0.15, -0.1) is 0 Å². The van der Waals surface area contributed by atoms with E-state index >= 15 is 0 Å².